The first-order valence-electron chi connectivity index (χ1n) is 5.38. The van der Waals surface area contributed by atoms with Crippen LogP contribution in [-0.2, 0) is 0 Å². The third-order valence-electron chi connectivity index (χ3n) is 2.67. The van der Waals surface area contributed by atoms with E-state index in [2.05, 4.69) is 27.7 Å². The third kappa shape index (κ3) is 1.70. The topological polar surface area (TPSA) is 63.1 Å². The van der Waals surface area contributed by atoms with E-state index in [0.29, 0.717) is 10.7 Å². The molecule has 0 aliphatic rings. The first-order chi connectivity index (χ1) is 8.65. The van der Waals surface area contributed by atoms with E-state index in [-0.39, 0.29) is 5.56 Å². The van der Waals surface area contributed by atoms with Crippen molar-refractivity contribution in [2.24, 2.45) is 0 Å². The fourth-order valence-electron chi connectivity index (χ4n) is 1.88. The molecule has 3 heterocycles. The summed E-state index contributed by atoms with van der Waals surface area (Å²) in [6.45, 7) is 1.90. The van der Waals surface area contributed by atoms with Crippen molar-refractivity contribution < 1.29 is 0 Å². The standard InChI is InChI=1S/C12H10N4OS/c1-7-4-11(18)16-12(15-7)9(6-14-16)8-2-3-13-10(17)5-8/h2-6,18H,1H3,(H,13,17). The van der Waals surface area contributed by atoms with Crippen LogP contribution in [0, 0.1) is 6.92 Å². The molecule has 18 heavy (non-hydrogen) atoms. The minimum Gasteiger partial charge on any atom is -0.329 e. The Kier molecular flexibility index (Phi) is 2.45. The number of aromatic amines is 1. The molecule has 1 N–H and O–H groups in total. The molecular formula is C12H10N4OS. The van der Waals surface area contributed by atoms with Crippen LogP contribution in [0.3, 0.4) is 0 Å². The summed E-state index contributed by atoms with van der Waals surface area (Å²) in [6, 6.07) is 5.19. The quantitative estimate of drug-likeness (QED) is 0.515. The second-order valence-corrected chi connectivity index (χ2v) is 4.45. The highest BCUT2D eigenvalue weighted by Crippen LogP contribution is 2.23. The van der Waals surface area contributed by atoms with Crippen molar-refractivity contribution in [2.45, 2.75) is 11.9 Å². The van der Waals surface area contributed by atoms with Crippen molar-refractivity contribution in [3.8, 4) is 11.1 Å². The molecule has 0 amide bonds. The Bertz CT molecular complexity index is 790. The molecule has 0 spiro atoms. The lowest BCUT2D eigenvalue weighted by Gasteiger charge is -2.01. The van der Waals surface area contributed by atoms with Gasteiger partial charge in [-0.25, -0.2) is 9.50 Å². The number of H-pyrrole nitrogens is 1. The van der Waals surface area contributed by atoms with Gasteiger partial charge in [-0.1, -0.05) is 0 Å². The van der Waals surface area contributed by atoms with E-state index in [0.717, 1.165) is 16.8 Å². The van der Waals surface area contributed by atoms with Gasteiger partial charge in [-0.05, 0) is 24.6 Å². The maximum absolute atomic E-state index is 11.3. The molecule has 0 bridgehead atoms. The highest BCUT2D eigenvalue weighted by molar-refractivity contribution is 7.80. The van der Waals surface area contributed by atoms with Crippen LogP contribution in [0.15, 0.2) is 40.4 Å². The van der Waals surface area contributed by atoms with Crippen molar-refractivity contribution in [1.82, 2.24) is 19.6 Å². The monoisotopic (exact) mass is 258 g/mol. The van der Waals surface area contributed by atoms with Crippen LogP contribution in [0.4, 0.5) is 0 Å². The highest BCUT2D eigenvalue weighted by Gasteiger charge is 2.10. The Balaban J connectivity index is 2.34. The molecule has 0 aliphatic heterocycles. The largest absolute Gasteiger partial charge is 0.329 e. The number of nitrogens with zero attached hydrogens (tertiary/aromatic N) is 3. The minimum atomic E-state index is -0.148. The van der Waals surface area contributed by atoms with Gasteiger partial charge in [0.15, 0.2) is 5.65 Å². The lowest BCUT2D eigenvalue weighted by atomic mass is 10.1. The Hall–Kier alpha value is -2.08. The molecule has 0 atom stereocenters. The Morgan fingerprint density at radius 3 is 3.00 bits per heavy atom. The zero-order valence-corrected chi connectivity index (χ0v) is 10.5. The molecule has 0 aliphatic carbocycles. The Labute approximate surface area is 108 Å². The summed E-state index contributed by atoms with van der Waals surface area (Å²) in [5.74, 6) is 0. The van der Waals surface area contributed by atoms with Gasteiger partial charge in [0, 0.05) is 23.5 Å². The molecule has 0 saturated carbocycles. The van der Waals surface area contributed by atoms with Gasteiger partial charge in [0.1, 0.15) is 0 Å². The number of hydrogen-bond acceptors (Lipinski definition) is 4. The molecule has 0 saturated heterocycles. The molecule has 90 valence electrons. The summed E-state index contributed by atoms with van der Waals surface area (Å²) in [5.41, 5.74) is 3.02. The van der Waals surface area contributed by atoms with Gasteiger partial charge in [-0.2, -0.15) is 5.10 Å². The summed E-state index contributed by atoms with van der Waals surface area (Å²) in [7, 11) is 0. The second kappa shape index (κ2) is 3.99. The van der Waals surface area contributed by atoms with Crippen LogP contribution in [0.2, 0.25) is 0 Å². The number of fused-ring (bicyclic) bond motifs is 1. The molecule has 3 aromatic rings. The Morgan fingerprint density at radius 2 is 2.22 bits per heavy atom. The molecular weight excluding hydrogens is 248 g/mol. The molecule has 0 fully saturated rings. The number of pyridine rings is 1. The van der Waals surface area contributed by atoms with E-state index in [4.69, 9.17) is 0 Å². The predicted molar refractivity (Wildman–Crippen MR) is 71.0 cm³/mol. The highest BCUT2D eigenvalue weighted by atomic mass is 32.1. The van der Waals surface area contributed by atoms with Crippen molar-refractivity contribution in [3.63, 3.8) is 0 Å². The van der Waals surface area contributed by atoms with Gasteiger partial charge in [0.25, 0.3) is 0 Å². The smallest absolute Gasteiger partial charge is 0.248 e. The lowest BCUT2D eigenvalue weighted by molar-refractivity contribution is 0.838. The third-order valence-corrected chi connectivity index (χ3v) is 2.99. The maximum Gasteiger partial charge on any atom is 0.248 e. The van der Waals surface area contributed by atoms with Gasteiger partial charge in [-0.3, -0.25) is 4.79 Å². The van der Waals surface area contributed by atoms with Crippen LogP contribution in [-0.4, -0.2) is 19.6 Å². The molecule has 3 rings (SSSR count). The number of aromatic nitrogens is 4. The summed E-state index contributed by atoms with van der Waals surface area (Å²) in [5, 5.41) is 4.95. The van der Waals surface area contributed by atoms with E-state index in [1.54, 1.807) is 16.9 Å². The van der Waals surface area contributed by atoms with Crippen molar-refractivity contribution in [1.29, 1.82) is 0 Å². The number of aryl methyl sites for hydroxylation is 1. The van der Waals surface area contributed by atoms with Crippen LogP contribution in [0.25, 0.3) is 16.8 Å². The normalized spacial score (nSPS) is 11.0. The van der Waals surface area contributed by atoms with E-state index in [1.165, 1.54) is 6.07 Å². The molecule has 0 aromatic carbocycles. The van der Waals surface area contributed by atoms with Crippen molar-refractivity contribution in [3.05, 3.63) is 46.6 Å². The van der Waals surface area contributed by atoms with Gasteiger partial charge in [0.05, 0.1) is 11.2 Å². The zero-order chi connectivity index (χ0) is 12.7. The van der Waals surface area contributed by atoms with Crippen LogP contribution < -0.4 is 5.56 Å². The van der Waals surface area contributed by atoms with Gasteiger partial charge < -0.3 is 4.98 Å². The Morgan fingerprint density at radius 1 is 1.39 bits per heavy atom. The molecule has 5 nitrogen and oxygen atoms in total. The minimum absolute atomic E-state index is 0.148. The maximum atomic E-state index is 11.3. The average Bonchev–Trinajstić information content (AvgIpc) is 2.72. The van der Waals surface area contributed by atoms with E-state index >= 15 is 0 Å². The van der Waals surface area contributed by atoms with Gasteiger partial charge in [-0.15, -0.1) is 12.6 Å². The first-order valence-corrected chi connectivity index (χ1v) is 5.83. The molecule has 3 aromatic heterocycles. The summed E-state index contributed by atoms with van der Waals surface area (Å²) < 4.78 is 1.65. The average molecular weight is 258 g/mol. The van der Waals surface area contributed by atoms with Crippen molar-refractivity contribution >= 4 is 18.3 Å². The fraction of sp³-hybridized carbons (Fsp3) is 0.0833. The number of hydrogen-bond donors (Lipinski definition) is 2. The molecule has 0 unspecified atom stereocenters. The van der Waals surface area contributed by atoms with Crippen LogP contribution in [0.1, 0.15) is 5.69 Å². The predicted octanol–water partition coefficient (Wildman–Crippen LogP) is 1.68. The second-order valence-electron chi connectivity index (χ2n) is 3.99. The van der Waals surface area contributed by atoms with E-state index in [9.17, 15) is 4.79 Å². The van der Waals surface area contributed by atoms with Crippen LogP contribution in [0.5, 0.6) is 0 Å². The SMILES string of the molecule is Cc1cc(S)n2ncc(-c3cc[nH]c(=O)c3)c2n1. The fourth-order valence-corrected chi connectivity index (χ4v) is 2.21. The van der Waals surface area contributed by atoms with E-state index < -0.39 is 0 Å². The number of rotatable bonds is 1. The lowest BCUT2D eigenvalue weighted by Crippen LogP contribution is -2.02. The summed E-state index contributed by atoms with van der Waals surface area (Å²) in [6.07, 6.45) is 3.30. The van der Waals surface area contributed by atoms with Crippen LogP contribution >= 0.6 is 12.6 Å². The number of nitrogens with one attached hydrogen (secondary N) is 1. The van der Waals surface area contributed by atoms with Gasteiger partial charge >= 0.3 is 0 Å². The number of thiol groups is 1. The summed E-state index contributed by atoms with van der Waals surface area (Å²) >= 11 is 4.36. The van der Waals surface area contributed by atoms with E-state index in [1.807, 2.05) is 19.1 Å². The first kappa shape index (κ1) is 11.0. The molecule has 6 heteroatoms. The zero-order valence-electron chi connectivity index (χ0n) is 9.58. The summed E-state index contributed by atoms with van der Waals surface area (Å²) in [4.78, 5) is 18.4. The molecule has 0 radical (unpaired) electrons. The van der Waals surface area contributed by atoms with Gasteiger partial charge in [0.2, 0.25) is 5.56 Å². The van der Waals surface area contributed by atoms with Crippen molar-refractivity contribution in [2.75, 3.05) is 0 Å².